The summed E-state index contributed by atoms with van der Waals surface area (Å²) < 4.78 is 0. The quantitative estimate of drug-likeness (QED) is 0.502. The molecular formula is C14H20BN3O3. The van der Waals surface area contributed by atoms with Crippen LogP contribution < -0.4 is 15.7 Å². The van der Waals surface area contributed by atoms with Gasteiger partial charge in [0, 0.05) is 37.6 Å². The average molecular weight is 289 g/mol. The van der Waals surface area contributed by atoms with E-state index in [0.717, 1.165) is 31.9 Å². The number of benzene rings is 1. The van der Waals surface area contributed by atoms with Crippen molar-refractivity contribution in [3.8, 4) is 0 Å². The number of likely N-dealkylation sites (N-methyl/N-ethyl adjacent to an activating group) is 1. The molecule has 0 aromatic heterocycles. The molecule has 1 saturated heterocycles. The zero-order valence-corrected chi connectivity index (χ0v) is 12.1. The van der Waals surface area contributed by atoms with Crippen molar-refractivity contribution in [3.63, 3.8) is 0 Å². The second-order valence-electron chi connectivity index (χ2n) is 5.17. The highest BCUT2D eigenvalue weighted by Crippen LogP contribution is 2.20. The molecule has 1 aromatic rings. The van der Waals surface area contributed by atoms with Crippen molar-refractivity contribution in [2.24, 2.45) is 0 Å². The van der Waals surface area contributed by atoms with Crippen molar-refractivity contribution in [1.29, 1.82) is 0 Å². The van der Waals surface area contributed by atoms with E-state index in [4.69, 9.17) is 0 Å². The van der Waals surface area contributed by atoms with Crippen LogP contribution in [0.1, 0.15) is 0 Å². The number of carbonyl (C=O) groups excluding carboxylic acids is 1. The number of piperazine rings is 1. The van der Waals surface area contributed by atoms with Gasteiger partial charge in [0.05, 0.1) is 0 Å². The molecule has 1 amide bonds. The van der Waals surface area contributed by atoms with Crippen molar-refractivity contribution in [2.75, 3.05) is 43.4 Å². The van der Waals surface area contributed by atoms with E-state index in [1.807, 2.05) is 6.07 Å². The maximum Gasteiger partial charge on any atom is 0.488 e. The fourth-order valence-electron chi connectivity index (χ4n) is 2.30. The van der Waals surface area contributed by atoms with Gasteiger partial charge in [0.25, 0.3) is 0 Å². The van der Waals surface area contributed by atoms with Crippen molar-refractivity contribution in [1.82, 2.24) is 4.90 Å². The predicted octanol–water partition coefficient (Wildman–Crippen LogP) is -0.757. The third-order valence-electron chi connectivity index (χ3n) is 3.56. The van der Waals surface area contributed by atoms with Crippen LogP contribution >= 0.6 is 0 Å². The number of hydrogen-bond acceptors (Lipinski definition) is 5. The van der Waals surface area contributed by atoms with E-state index in [1.165, 1.54) is 6.08 Å². The Morgan fingerprint density at radius 1 is 1.29 bits per heavy atom. The molecular weight excluding hydrogens is 269 g/mol. The zero-order valence-electron chi connectivity index (χ0n) is 12.1. The van der Waals surface area contributed by atoms with Crippen LogP contribution in [0.5, 0.6) is 0 Å². The standard InChI is InChI=1S/C14H20BN3O3/c1-3-14(19)16-12-8-11(15(20)21)9-13(10-12)18-6-4-17(2)5-7-18/h3,8-10,20-21H,1,4-7H2,2H3,(H,16,19). The molecule has 0 spiro atoms. The molecule has 6 nitrogen and oxygen atoms in total. The molecule has 21 heavy (non-hydrogen) atoms. The van der Waals surface area contributed by atoms with Gasteiger partial charge >= 0.3 is 7.12 Å². The Balaban J connectivity index is 2.26. The van der Waals surface area contributed by atoms with Crippen molar-refractivity contribution >= 4 is 29.9 Å². The molecule has 1 fully saturated rings. The molecule has 3 N–H and O–H groups in total. The second kappa shape index (κ2) is 6.75. The van der Waals surface area contributed by atoms with Crippen LogP contribution in [0.3, 0.4) is 0 Å². The summed E-state index contributed by atoms with van der Waals surface area (Å²) >= 11 is 0. The largest absolute Gasteiger partial charge is 0.488 e. The van der Waals surface area contributed by atoms with E-state index in [2.05, 4.69) is 28.7 Å². The van der Waals surface area contributed by atoms with Gasteiger partial charge in [-0.3, -0.25) is 4.79 Å². The van der Waals surface area contributed by atoms with Gasteiger partial charge in [-0.25, -0.2) is 0 Å². The number of anilines is 2. The van der Waals surface area contributed by atoms with Crippen LogP contribution in [0, 0.1) is 0 Å². The summed E-state index contributed by atoms with van der Waals surface area (Å²) in [5.74, 6) is -0.330. The summed E-state index contributed by atoms with van der Waals surface area (Å²) in [6.45, 7) is 7.01. The molecule has 1 aliphatic rings. The number of nitrogens with zero attached hydrogens (tertiary/aromatic N) is 2. The number of hydrogen-bond donors (Lipinski definition) is 3. The minimum atomic E-state index is -1.57. The third-order valence-corrected chi connectivity index (χ3v) is 3.56. The van der Waals surface area contributed by atoms with Crippen molar-refractivity contribution < 1.29 is 14.8 Å². The van der Waals surface area contributed by atoms with Gasteiger partial charge in [-0.2, -0.15) is 0 Å². The van der Waals surface area contributed by atoms with Crippen molar-refractivity contribution in [2.45, 2.75) is 0 Å². The molecule has 2 rings (SSSR count). The molecule has 1 aliphatic heterocycles. The van der Waals surface area contributed by atoms with Crippen LogP contribution in [0.15, 0.2) is 30.9 Å². The van der Waals surface area contributed by atoms with Crippen LogP contribution in [-0.4, -0.2) is 61.2 Å². The van der Waals surface area contributed by atoms with Gasteiger partial charge in [0.1, 0.15) is 0 Å². The van der Waals surface area contributed by atoms with Gasteiger partial charge in [0.15, 0.2) is 0 Å². The Kier molecular flexibility index (Phi) is 5.00. The highest BCUT2D eigenvalue weighted by Gasteiger charge is 2.19. The van der Waals surface area contributed by atoms with E-state index in [-0.39, 0.29) is 5.91 Å². The number of amides is 1. The summed E-state index contributed by atoms with van der Waals surface area (Å²) in [5, 5.41) is 21.5. The van der Waals surface area contributed by atoms with Crippen molar-refractivity contribution in [3.05, 3.63) is 30.9 Å². The zero-order chi connectivity index (χ0) is 15.4. The Morgan fingerprint density at radius 2 is 1.95 bits per heavy atom. The second-order valence-corrected chi connectivity index (χ2v) is 5.17. The fraction of sp³-hybridized carbons (Fsp3) is 0.357. The minimum absolute atomic E-state index is 0.330. The first-order chi connectivity index (χ1) is 9.99. The number of rotatable bonds is 4. The smallest absolute Gasteiger partial charge is 0.423 e. The molecule has 0 saturated carbocycles. The third kappa shape index (κ3) is 4.07. The highest BCUT2D eigenvalue weighted by molar-refractivity contribution is 6.58. The first kappa shape index (κ1) is 15.6. The van der Waals surface area contributed by atoms with Crippen LogP contribution in [0.25, 0.3) is 0 Å². The van der Waals surface area contributed by atoms with E-state index >= 15 is 0 Å². The Morgan fingerprint density at radius 3 is 2.52 bits per heavy atom. The summed E-state index contributed by atoms with van der Waals surface area (Å²) in [6, 6.07) is 5.11. The lowest BCUT2D eigenvalue weighted by atomic mass is 9.79. The topological polar surface area (TPSA) is 76.0 Å². The monoisotopic (exact) mass is 289 g/mol. The van der Waals surface area contributed by atoms with E-state index in [9.17, 15) is 14.8 Å². The SMILES string of the molecule is C=CC(=O)Nc1cc(B(O)O)cc(N2CCN(C)CC2)c1. The first-order valence-corrected chi connectivity index (χ1v) is 6.87. The van der Waals surface area contributed by atoms with Crippen LogP contribution in [-0.2, 0) is 4.79 Å². The van der Waals surface area contributed by atoms with Gasteiger partial charge in [0.2, 0.25) is 5.91 Å². The maximum absolute atomic E-state index is 11.4. The molecule has 0 radical (unpaired) electrons. The molecule has 0 aliphatic carbocycles. The van der Waals surface area contributed by atoms with E-state index in [1.54, 1.807) is 12.1 Å². The van der Waals surface area contributed by atoms with Gasteiger partial charge < -0.3 is 25.2 Å². The molecule has 1 heterocycles. The molecule has 1 aromatic carbocycles. The van der Waals surface area contributed by atoms with Gasteiger partial charge in [-0.15, -0.1) is 0 Å². The number of nitrogens with one attached hydrogen (secondary N) is 1. The summed E-state index contributed by atoms with van der Waals surface area (Å²) in [4.78, 5) is 15.8. The molecule has 0 unspecified atom stereocenters. The lowest BCUT2D eigenvalue weighted by Crippen LogP contribution is -2.45. The minimum Gasteiger partial charge on any atom is -0.423 e. The van der Waals surface area contributed by atoms with Gasteiger partial charge in [-0.05, 0) is 36.8 Å². The van der Waals surface area contributed by atoms with Gasteiger partial charge in [-0.1, -0.05) is 6.58 Å². The molecule has 112 valence electrons. The lowest BCUT2D eigenvalue weighted by Gasteiger charge is -2.34. The maximum atomic E-state index is 11.4. The Hall–Kier alpha value is -1.83. The summed E-state index contributed by atoms with van der Waals surface area (Å²) in [6.07, 6.45) is 1.18. The normalized spacial score (nSPS) is 15.7. The first-order valence-electron chi connectivity index (χ1n) is 6.87. The highest BCUT2D eigenvalue weighted by atomic mass is 16.4. The summed E-state index contributed by atoms with van der Waals surface area (Å²) in [5.41, 5.74) is 1.75. The van der Waals surface area contributed by atoms with E-state index in [0.29, 0.717) is 11.2 Å². The summed E-state index contributed by atoms with van der Waals surface area (Å²) in [7, 11) is 0.498. The molecule has 7 heteroatoms. The van der Waals surface area contributed by atoms with Crippen LogP contribution in [0.4, 0.5) is 11.4 Å². The van der Waals surface area contributed by atoms with Crippen LogP contribution in [0.2, 0.25) is 0 Å². The number of carbonyl (C=O) groups is 1. The predicted molar refractivity (Wildman–Crippen MR) is 84.8 cm³/mol. The average Bonchev–Trinajstić information content (AvgIpc) is 2.47. The molecule has 0 bridgehead atoms. The lowest BCUT2D eigenvalue weighted by molar-refractivity contribution is -0.111. The fourth-order valence-corrected chi connectivity index (χ4v) is 2.30. The molecule has 0 atom stereocenters. The Bertz CT molecular complexity index is 528. The Labute approximate surface area is 124 Å². The van der Waals surface area contributed by atoms with E-state index < -0.39 is 7.12 Å².